The van der Waals surface area contributed by atoms with Crippen LogP contribution in [0.1, 0.15) is 24.4 Å². The highest BCUT2D eigenvalue weighted by Crippen LogP contribution is 2.32. The third-order valence-corrected chi connectivity index (χ3v) is 4.34. The number of anilines is 1. The van der Waals surface area contributed by atoms with Crippen LogP contribution in [0.2, 0.25) is 0 Å². The fourth-order valence-corrected chi connectivity index (χ4v) is 2.89. The molecule has 0 saturated heterocycles. The van der Waals surface area contributed by atoms with Crippen LogP contribution >= 0.6 is 0 Å². The van der Waals surface area contributed by atoms with E-state index in [9.17, 15) is 4.39 Å². The second-order valence-electron chi connectivity index (χ2n) is 6.34. The van der Waals surface area contributed by atoms with Gasteiger partial charge in [0.15, 0.2) is 5.82 Å². The molecule has 0 fully saturated rings. The molecule has 0 amide bonds. The zero-order valence-corrected chi connectivity index (χ0v) is 15.6. The minimum absolute atomic E-state index is 0.136. The molecule has 3 heterocycles. The van der Waals surface area contributed by atoms with Crippen LogP contribution in [0.4, 0.5) is 10.2 Å². The molecular formula is C19H18FN7O. The maximum Gasteiger partial charge on any atom is 0.161 e. The van der Waals surface area contributed by atoms with Gasteiger partial charge in [0.05, 0.1) is 42.6 Å². The van der Waals surface area contributed by atoms with Crippen LogP contribution in [0, 0.1) is 12.7 Å². The van der Waals surface area contributed by atoms with Gasteiger partial charge in [0.25, 0.3) is 0 Å². The van der Waals surface area contributed by atoms with Crippen molar-refractivity contribution in [2.75, 3.05) is 12.4 Å². The molecule has 0 aliphatic carbocycles. The van der Waals surface area contributed by atoms with E-state index in [1.54, 1.807) is 13.2 Å². The Balaban J connectivity index is 1.78. The third-order valence-electron chi connectivity index (χ3n) is 4.34. The average Bonchev–Trinajstić information content (AvgIpc) is 3.14. The lowest BCUT2D eigenvalue weighted by Crippen LogP contribution is -2.11. The summed E-state index contributed by atoms with van der Waals surface area (Å²) in [7, 11) is 1.56. The van der Waals surface area contributed by atoms with Gasteiger partial charge in [0, 0.05) is 11.5 Å². The summed E-state index contributed by atoms with van der Waals surface area (Å²) in [4.78, 5) is 8.71. The van der Waals surface area contributed by atoms with E-state index in [1.165, 1.54) is 17.2 Å². The summed E-state index contributed by atoms with van der Waals surface area (Å²) < 4.78 is 20.3. The minimum atomic E-state index is -0.423. The predicted molar refractivity (Wildman–Crippen MR) is 102 cm³/mol. The average molecular weight is 379 g/mol. The second kappa shape index (κ2) is 7.18. The number of aryl methyl sites for hydroxylation is 1. The SMILES string of the molecule is COc1cc(-n2cc(F)cn2)cc2c(N[C@H](C)c3ccc(C)nn3)ncnc12. The number of halogens is 1. The van der Waals surface area contributed by atoms with Crippen LogP contribution < -0.4 is 10.1 Å². The number of ether oxygens (including phenoxy) is 1. The van der Waals surface area contributed by atoms with E-state index in [2.05, 4.69) is 30.6 Å². The molecule has 8 nitrogen and oxygen atoms in total. The third kappa shape index (κ3) is 3.34. The van der Waals surface area contributed by atoms with Crippen LogP contribution in [0.25, 0.3) is 16.6 Å². The van der Waals surface area contributed by atoms with Gasteiger partial charge in [-0.2, -0.15) is 15.3 Å². The first-order valence-corrected chi connectivity index (χ1v) is 8.65. The first-order valence-electron chi connectivity index (χ1n) is 8.65. The number of benzene rings is 1. The lowest BCUT2D eigenvalue weighted by atomic mass is 10.1. The number of nitrogens with one attached hydrogen (secondary N) is 1. The summed E-state index contributed by atoms with van der Waals surface area (Å²) in [6, 6.07) is 7.28. The molecule has 0 aliphatic heterocycles. The number of nitrogens with zero attached hydrogens (tertiary/aromatic N) is 6. The summed E-state index contributed by atoms with van der Waals surface area (Å²) in [5.41, 5.74) is 2.91. The first-order chi connectivity index (χ1) is 13.5. The highest BCUT2D eigenvalue weighted by molar-refractivity contribution is 5.94. The van der Waals surface area contributed by atoms with Crippen LogP contribution in [0.5, 0.6) is 5.75 Å². The van der Waals surface area contributed by atoms with Crippen molar-refractivity contribution in [2.45, 2.75) is 19.9 Å². The Morgan fingerprint density at radius 1 is 1.18 bits per heavy atom. The van der Waals surface area contributed by atoms with Crippen LogP contribution in [-0.4, -0.2) is 37.1 Å². The molecule has 0 bridgehead atoms. The molecule has 1 atom stereocenters. The van der Waals surface area contributed by atoms with Crippen molar-refractivity contribution in [1.82, 2.24) is 29.9 Å². The Bertz CT molecular complexity index is 1130. The molecule has 4 aromatic rings. The largest absolute Gasteiger partial charge is 0.494 e. The van der Waals surface area contributed by atoms with E-state index in [4.69, 9.17) is 4.74 Å². The summed E-state index contributed by atoms with van der Waals surface area (Å²) in [6.07, 6.45) is 3.91. The lowest BCUT2D eigenvalue weighted by molar-refractivity contribution is 0.418. The van der Waals surface area contributed by atoms with Crippen molar-refractivity contribution in [3.63, 3.8) is 0 Å². The minimum Gasteiger partial charge on any atom is -0.494 e. The highest BCUT2D eigenvalue weighted by Gasteiger charge is 2.15. The summed E-state index contributed by atoms with van der Waals surface area (Å²) in [5.74, 6) is 0.720. The lowest BCUT2D eigenvalue weighted by Gasteiger charge is -2.16. The van der Waals surface area contributed by atoms with Crippen molar-refractivity contribution in [3.05, 3.63) is 60.2 Å². The Kier molecular flexibility index (Phi) is 4.56. The predicted octanol–water partition coefficient (Wildman–Crippen LogP) is 3.23. The number of hydrogen-bond donors (Lipinski definition) is 1. The quantitative estimate of drug-likeness (QED) is 0.569. The van der Waals surface area contributed by atoms with E-state index in [-0.39, 0.29) is 6.04 Å². The maximum atomic E-state index is 13.4. The molecular weight excluding hydrogens is 361 g/mol. The van der Waals surface area contributed by atoms with Gasteiger partial charge in [0.2, 0.25) is 0 Å². The van der Waals surface area contributed by atoms with Crippen molar-refractivity contribution < 1.29 is 9.13 Å². The van der Waals surface area contributed by atoms with E-state index >= 15 is 0 Å². The van der Waals surface area contributed by atoms with Gasteiger partial charge < -0.3 is 10.1 Å². The standard InChI is InChI=1S/C19H18FN7O/c1-11-4-5-16(26-25-11)12(2)24-19-15-6-14(27-9-13(20)8-23-27)7-17(28-3)18(15)21-10-22-19/h4-10,12H,1-3H3,(H,21,22,24)/t12-/m1/s1. The van der Waals surface area contributed by atoms with Crippen molar-refractivity contribution in [2.24, 2.45) is 0 Å². The Morgan fingerprint density at radius 3 is 2.71 bits per heavy atom. The molecule has 0 aliphatic rings. The van der Waals surface area contributed by atoms with Gasteiger partial charge in [-0.15, -0.1) is 0 Å². The van der Waals surface area contributed by atoms with E-state index < -0.39 is 5.82 Å². The van der Waals surface area contributed by atoms with Gasteiger partial charge in [-0.1, -0.05) is 0 Å². The number of rotatable bonds is 5. The molecule has 0 unspecified atom stereocenters. The molecule has 1 aromatic carbocycles. The van der Waals surface area contributed by atoms with E-state index in [0.29, 0.717) is 22.8 Å². The molecule has 142 valence electrons. The van der Waals surface area contributed by atoms with Gasteiger partial charge >= 0.3 is 0 Å². The second-order valence-corrected chi connectivity index (χ2v) is 6.34. The smallest absolute Gasteiger partial charge is 0.161 e. The molecule has 28 heavy (non-hydrogen) atoms. The van der Waals surface area contributed by atoms with E-state index in [1.807, 2.05) is 32.0 Å². The molecule has 3 aromatic heterocycles. The van der Waals surface area contributed by atoms with Crippen molar-refractivity contribution in [1.29, 1.82) is 0 Å². The van der Waals surface area contributed by atoms with Crippen molar-refractivity contribution in [3.8, 4) is 11.4 Å². The number of methoxy groups -OCH3 is 1. The zero-order chi connectivity index (χ0) is 19.7. The molecule has 0 saturated carbocycles. The highest BCUT2D eigenvalue weighted by atomic mass is 19.1. The summed E-state index contributed by atoms with van der Waals surface area (Å²) >= 11 is 0. The summed E-state index contributed by atoms with van der Waals surface area (Å²) in [5, 5.41) is 16.4. The summed E-state index contributed by atoms with van der Waals surface area (Å²) in [6.45, 7) is 3.86. The molecule has 0 radical (unpaired) electrons. The number of aromatic nitrogens is 6. The van der Waals surface area contributed by atoms with Gasteiger partial charge in [-0.3, -0.25) is 0 Å². The fraction of sp³-hybridized carbons (Fsp3) is 0.211. The van der Waals surface area contributed by atoms with Crippen LogP contribution in [0.3, 0.4) is 0 Å². The number of hydrogen-bond acceptors (Lipinski definition) is 7. The van der Waals surface area contributed by atoms with Gasteiger partial charge in [-0.25, -0.2) is 19.0 Å². The fourth-order valence-electron chi connectivity index (χ4n) is 2.89. The maximum absolute atomic E-state index is 13.4. The van der Waals surface area contributed by atoms with E-state index in [0.717, 1.165) is 23.0 Å². The normalized spacial score (nSPS) is 12.1. The molecule has 0 spiro atoms. The van der Waals surface area contributed by atoms with Crippen LogP contribution in [-0.2, 0) is 0 Å². The van der Waals surface area contributed by atoms with Gasteiger partial charge in [0.1, 0.15) is 23.4 Å². The Labute approximate surface area is 160 Å². The monoisotopic (exact) mass is 379 g/mol. The Hall–Kier alpha value is -3.62. The topological polar surface area (TPSA) is 90.6 Å². The van der Waals surface area contributed by atoms with Gasteiger partial charge in [-0.05, 0) is 32.0 Å². The van der Waals surface area contributed by atoms with Crippen molar-refractivity contribution >= 4 is 16.7 Å². The number of fused-ring (bicyclic) bond motifs is 1. The molecule has 4 rings (SSSR count). The molecule has 9 heteroatoms. The van der Waals surface area contributed by atoms with Crippen LogP contribution in [0.15, 0.2) is 43.0 Å². The first kappa shape index (κ1) is 17.8. The zero-order valence-electron chi connectivity index (χ0n) is 15.6. The Morgan fingerprint density at radius 2 is 2.04 bits per heavy atom. The molecule has 1 N–H and O–H groups in total.